The Labute approximate surface area is 203 Å². The van der Waals surface area contributed by atoms with Crippen LogP contribution in [0, 0.1) is 0 Å². The lowest BCUT2D eigenvalue weighted by atomic mass is 10.2. The van der Waals surface area contributed by atoms with Gasteiger partial charge >= 0.3 is 0 Å². The summed E-state index contributed by atoms with van der Waals surface area (Å²) < 4.78 is 1.33. The van der Waals surface area contributed by atoms with Crippen LogP contribution in [-0.2, 0) is 11.3 Å². The van der Waals surface area contributed by atoms with Gasteiger partial charge in [0.1, 0.15) is 17.1 Å². The van der Waals surface area contributed by atoms with Crippen molar-refractivity contribution in [2.24, 2.45) is 0 Å². The largest absolute Gasteiger partial charge is 0.337 e. The second kappa shape index (κ2) is 8.62. The lowest BCUT2D eigenvalue weighted by molar-refractivity contribution is -0.116. The molecule has 170 valence electrons. The van der Waals surface area contributed by atoms with Crippen LogP contribution in [0.1, 0.15) is 0 Å². The SMILES string of the molecule is O=C(Cn1cnc2sc(-c3ccccc3)cc2c1=O)Nc1ccc2nc(-c3ccccn3)[nH]c2c1. The molecule has 0 aliphatic carbocycles. The third-order valence-electron chi connectivity index (χ3n) is 5.56. The van der Waals surface area contributed by atoms with Crippen LogP contribution in [-0.4, -0.2) is 30.4 Å². The van der Waals surface area contributed by atoms with Crippen LogP contribution in [0.5, 0.6) is 0 Å². The van der Waals surface area contributed by atoms with Crippen LogP contribution >= 0.6 is 11.3 Å². The third-order valence-corrected chi connectivity index (χ3v) is 6.66. The number of anilines is 1. The van der Waals surface area contributed by atoms with Crippen molar-refractivity contribution in [1.29, 1.82) is 0 Å². The minimum absolute atomic E-state index is 0.140. The van der Waals surface area contributed by atoms with E-state index < -0.39 is 0 Å². The fourth-order valence-electron chi connectivity index (χ4n) is 3.88. The summed E-state index contributed by atoms with van der Waals surface area (Å²) in [4.78, 5) is 43.8. The minimum atomic E-state index is -0.324. The Morgan fingerprint density at radius 1 is 1.00 bits per heavy atom. The number of H-pyrrole nitrogens is 1. The van der Waals surface area contributed by atoms with Crippen molar-refractivity contribution < 1.29 is 4.79 Å². The van der Waals surface area contributed by atoms with E-state index in [-0.39, 0.29) is 18.0 Å². The Balaban J connectivity index is 1.22. The zero-order chi connectivity index (χ0) is 23.8. The molecule has 9 heteroatoms. The lowest BCUT2D eigenvalue weighted by Gasteiger charge is -2.07. The monoisotopic (exact) mass is 478 g/mol. The van der Waals surface area contributed by atoms with E-state index in [2.05, 4.69) is 25.3 Å². The first kappa shape index (κ1) is 20.9. The summed E-state index contributed by atoms with van der Waals surface area (Å²) >= 11 is 1.46. The van der Waals surface area contributed by atoms with Crippen molar-refractivity contribution in [3.63, 3.8) is 0 Å². The van der Waals surface area contributed by atoms with Crippen LogP contribution in [0.4, 0.5) is 5.69 Å². The van der Waals surface area contributed by atoms with E-state index in [1.54, 1.807) is 12.3 Å². The predicted octanol–water partition coefficient (Wildman–Crippen LogP) is 4.70. The van der Waals surface area contributed by atoms with Crippen LogP contribution in [0.15, 0.2) is 90.1 Å². The average molecular weight is 479 g/mol. The Bertz CT molecular complexity index is 1740. The van der Waals surface area contributed by atoms with Gasteiger partial charge < -0.3 is 10.3 Å². The number of benzene rings is 2. The number of carbonyl (C=O) groups is 1. The Morgan fingerprint density at radius 3 is 2.69 bits per heavy atom. The molecule has 6 aromatic rings. The highest BCUT2D eigenvalue weighted by Crippen LogP contribution is 2.30. The molecule has 0 unspecified atom stereocenters. The number of pyridine rings is 1. The summed E-state index contributed by atoms with van der Waals surface area (Å²) in [5.41, 5.74) is 3.66. The van der Waals surface area contributed by atoms with E-state index in [1.807, 2.05) is 66.7 Å². The Kier molecular flexibility index (Phi) is 5.16. The molecule has 1 amide bonds. The molecule has 0 fully saturated rings. The molecule has 0 spiro atoms. The maximum Gasteiger partial charge on any atom is 0.262 e. The maximum atomic E-state index is 13.0. The molecule has 0 aliphatic rings. The second-order valence-electron chi connectivity index (χ2n) is 7.95. The van der Waals surface area contributed by atoms with Gasteiger partial charge in [-0.3, -0.25) is 19.1 Å². The molecule has 2 N–H and O–H groups in total. The summed E-state index contributed by atoms with van der Waals surface area (Å²) in [5.74, 6) is 0.330. The summed E-state index contributed by atoms with van der Waals surface area (Å²) in [7, 11) is 0. The number of aromatic nitrogens is 5. The molecular weight excluding hydrogens is 460 g/mol. The third kappa shape index (κ3) is 4.09. The van der Waals surface area contributed by atoms with E-state index in [1.165, 1.54) is 22.2 Å². The number of imidazole rings is 1. The lowest BCUT2D eigenvalue weighted by Crippen LogP contribution is -2.27. The van der Waals surface area contributed by atoms with Gasteiger partial charge in [0.15, 0.2) is 5.82 Å². The predicted molar refractivity (Wildman–Crippen MR) is 137 cm³/mol. The van der Waals surface area contributed by atoms with Crippen molar-refractivity contribution in [3.8, 4) is 22.0 Å². The molecule has 6 rings (SSSR count). The second-order valence-corrected chi connectivity index (χ2v) is 8.98. The first-order valence-electron chi connectivity index (χ1n) is 10.9. The molecule has 4 heterocycles. The van der Waals surface area contributed by atoms with Crippen molar-refractivity contribution >= 4 is 44.2 Å². The molecule has 0 bridgehead atoms. The van der Waals surface area contributed by atoms with Gasteiger partial charge in [-0.1, -0.05) is 36.4 Å². The van der Waals surface area contributed by atoms with Crippen LogP contribution in [0.3, 0.4) is 0 Å². The van der Waals surface area contributed by atoms with E-state index in [9.17, 15) is 9.59 Å². The highest BCUT2D eigenvalue weighted by molar-refractivity contribution is 7.21. The molecule has 8 nitrogen and oxygen atoms in total. The molecule has 0 aliphatic heterocycles. The van der Waals surface area contributed by atoms with Crippen LogP contribution in [0.25, 0.3) is 43.2 Å². The summed E-state index contributed by atoms with van der Waals surface area (Å²) in [6.07, 6.45) is 3.13. The smallest absolute Gasteiger partial charge is 0.262 e. The molecule has 0 saturated heterocycles. The van der Waals surface area contributed by atoms with Crippen molar-refractivity contribution in [2.45, 2.75) is 6.54 Å². The first-order valence-corrected chi connectivity index (χ1v) is 11.7. The topological polar surface area (TPSA) is 106 Å². The summed E-state index contributed by atoms with van der Waals surface area (Å²) in [6.45, 7) is -0.140. The van der Waals surface area contributed by atoms with E-state index in [0.29, 0.717) is 21.7 Å². The standard InChI is InChI=1S/C26H18N6O2S/c33-23(29-17-9-10-19-21(12-17)31-24(30-19)20-8-4-5-11-27-20)14-32-15-28-25-18(26(32)34)13-22(35-25)16-6-2-1-3-7-16/h1-13,15H,14H2,(H,29,33)(H,30,31). The van der Waals surface area contributed by atoms with Gasteiger partial charge in [-0.15, -0.1) is 11.3 Å². The summed E-state index contributed by atoms with van der Waals surface area (Å²) in [5, 5.41) is 3.36. The number of nitrogens with zero attached hydrogens (tertiary/aromatic N) is 4. The van der Waals surface area contributed by atoms with E-state index >= 15 is 0 Å². The number of carbonyl (C=O) groups excluding carboxylic acids is 1. The van der Waals surface area contributed by atoms with Gasteiger partial charge in [0.2, 0.25) is 5.91 Å². The quantitative estimate of drug-likeness (QED) is 0.374. The average Bonchev–Trinajstić information content (AvgIpc) is 3.52. The Hall–Kier alpha value is -4.63. The molecule has 0 atom stereocenters. The molecule has 0 radical (unpaired) electrons. The molecule has 4 aromatic heterocycles. The van der Waals surface area contributed by atoms with Crippen molar-refractivity contribution in [3.05, 3.63) is 95.7 Å². The van der Waals surface area contributed by atoms with Crippen LogP contribution < -0.4 is 10.9 Å². The number of thiophene rings is 1. The van der Waals surface area contributed by atoms with E-state index in [0.717, 1.165) is 27.2 Å². The number of hydrogen-bond acceptors (Lipinski definition) is 6. The Morgan fingerprint density at radius 2 is 1.86 bits per heavy atom. The number of fused-ring (bicyclic) bond motifs is 2. The highest BCUT2D eigenvalue weighted by Gasteiger charge is 2.13. The fourth-order valence-corrected chi connectivity index (χ4v) is 4.88. The molecule has 2 aromatic carbocycles. The van der Waals surface area contributed by atoms with Gasteiger partial charge in [0, 0.05) is 16.8 Å². The van der Waals surface area contributed by atoms with Crippen LogP contribution in [0.2, 0.25) is 0 Å². The minimum Gasteiger partial charge on any atom is -0.337 e. The van der Waals surface area contributed by atoms with Gasteiger partial charge in [-0.2, -0.15) is 0 Å². The van der Waals surface area contributed by atoms with E-state index in [4.69, 9.17) is 0 Å². The number of amides is 1. The number of rotatable bonds is 5. The number of nitrogens with one attached hydrogen (secondary N) is 2. The van der Waals surface area contributed by atoms with Gasteiger partial charge in [-0.05, 0) is 42.0 Å². The molecular formula is C26H18N6O2S. The van der Waals surface area contributed by atoms with Gasteiger partial charge in [-0.25, -0.2) is 9.97 Å². The van der Waals surface area contributed by atoms with Gasteiger partial charge in [0.25, 0.3) is 5.56 Å². The number of aromatic amines is 1. The normalized spacial score (nSPS) is 11.2. The summed E-state index contributed by atoms with van der Waals surface area (Å²) in [6, 6.07) is 22.7. The maximum absolute atomic E-state index is 13.0. The zero-order valence-corrected chi connectivity index (χ0v) is 19.1. The fraction of sp³-hybridized carbons (Fsp3) is 0.0385. The number of hydrogen-bond donors (Lipinski definition) is 2. The molecule has 0 saturated carbocycles. The molecule has 35 heavy (non-hydrogen) atoms. The highest BCUT2D eigenvalue weighted by atomic mass is 32.1. The first-order chi connectivity index (χ1) is 17.1. The zero-order valence-electron chi connectivity index (χ0n) is 18.3. The van der Waals surface area contributed by atoms with Gasteiger partial charge in [0.05, 0.1) is 22.7 Å². The van der Waals surface area contributed by atoms with Crippen molar-refractivity contribution in [1.82, 2.24) is 24.5 Å². The van der Waals surface area contributed by atoms with Crippen molar-refractivity contribution in [2.75, 3.05) is 5.32 Å².